The fourth-order valence-corrected chi connectivity index (χ4v) is 3.03. The number of hydrogen-bond donors (Lipinski definition) is 1. The average Bonchev–Trinajstić information content (AvgIpc) is 2.58. The maximum absolute atomic E-state index is 11.5. The van der Waals surface area contributed by atoms with Crippen LogP contribution in [0.4, 0.5) is 0 Å². The Morgan fingerprint density at radius 3 is 1.42 bits per heavy atom. The Morgan fingerprint density at radius 2 is 1.08 bits per heavy atom. The Kier molecular flexibility index (Phi) is 24.2. The number of carboxylic acids is 1. The van der Waals surface area contributed by atoms with Gasteiger partial charge >= 0.3 is 51.4 Å². The van der Waals surface area contributed by atoms with Crippen molar-refractivity contribution in [1.29, 1.82) is 0 Å². The van der Waals surface area contributed by atoms with Crippen LogP contribution in [0.25, 0.3) is 0 Å². The predicted octanol–water partition coefficient (Wildman–Crippen LogP) is 1.51. The van der Waals surface area contributed by atoms with Crippen molar-refractivity contribution in [3.63, 3.8) is 0 Å². The van der Waals surface area contributed by atoms with E-state index in [4.69, 9.17) is 0 Å². The molecule has 4 nitrogen and oxygen atoms in total. The van der Waals surface area contributed by atoms with E-state index in [0.29, 0.717) is 6.42 Å². The maximum atomic E-state index is 11.5. The van der Waals surface area contributed by atoms with Crippen LogP contribution in [0.15, 0.2) is 0 Å². The minimum Gasteiger partial charge on any atom is -0.548 e. The summed E-state index contributed by atoms with van der Waals surface area (Å²) in [5.74, 6) is -1.42. The summed E-state index contributed by atoms with van der Waals surface area (Å²) in [5.41, 5.74) is 0. The standard InChI is InChI=1S/C21H41NO3.K/c1-3-4-5-6-7-8-9-10-11-12-13-14-15-16-17-18-20(23)22-19(2)21(24)25;/h19H,3-18H2,1-2H3,(H,22,23)(H,24,25);/q;+1/p-1. The van der Waals surface area contributed by atoms with Gasteiger partial charge in [-0.15, -0.1) is 0 Å². The Labute approximate surface area is 204 Å². The van der Waals surface area contributed by atoms with Crippen molar-refractivity contribution in [1.82, 2.24) is 5.32 Å². The van der Waals surface area contributed by atoms with Crippen LogP contribution in [0.2, 0.25) is 0 Å². The summed E-state index contributed by atoms with van der Waals surface area (Å²) < 4.78 is 0. The predicted molar refractivity (Wildman–Crippen MR) is 102 cm³/mol. The average molecular weight is 394 g/mol. The Bertz CT molecular complexity index is 337. The van der Waals surface area contributed by atoms with Crippen molar-refractivity contribution in [3.05, 3.63) is 0 Å². The van der Waals surface area contributed by atoms with E-state index in [1.54, 1.807) is 0 Å². The molecule has 26 heavy (non-hydrogen) atoms. The van der Waals surface area contributed by atoms with Gasteiger partial charge in [-0.05, 0) is 13.3 Å². The van der Waals surface area contributed by atoms with Crippen LogP contribution in [0.1, 0.15) is 117 Å². The number of nitrogens with one attached hydrogen (secondary N) is 1. The van der Waals surface area contributed by atoms with Gasteiger partial charge in [-0.2, -0.15) is 0 Å². The molecule has 148 valence electrons. The number of carbonyl (C=O) groups excluding carboxylic acids is 2. The molecule has 1 amide bonds. The molecule has 1 unspecified atom stereocenters. The molecule has 0 aliphatic carbocycles. The molecular weight excluding hydrogens is 353 g/mol. The summed E-state index contributed by atoms with van der Waals surface area (Å²) >= 11 is 0. The molecule has 0 fully saturated rings. The van der Waals surface area contributed by atoms with Crippen LogP contribution in [0.3, 0.4) is 0 Å². The van der Waals surface area contributed by atoms with Crippen molar-refractivity contribution in [3.8, 4) is 0 Å². The van der Waals surface area contributed by atoms with Gasteiger partial charge in [0, 0.05) is 6.42 Å². The Morgan fingerprint density at radius 1 is 0.731 bits per heavy atom. The summed E-state index contributed by atoms with van der Waals surface area (Å²) in [5, 5.41) is 12.9. The van der Waals surface area contributed by atoms with Gasteiger partial charge in [0.1, 0.15) is 0 Å². The molecule has 0 aliphatic heterocycles. The topological polar surface area (TPSA) is 69.2 Å². The van der Waals surface area contributed by atoms with E-state index in [1.807, 2.05) is 0 Å². The number of carbonyl (C=O) groups is 2. The summed E-state index contributed by atoms with van der Waals surface area (Å²) in [4.78, 5) is 22.0. The zero-order chi connectivity index (χ0) is 18.8. The van der Waals surface area contributed by atoms with Crippen LogP contribution >= 0.6 is 0 Å². The van der Waals surface area contributed by atoms with E-state index in [9.17, 15) is 14.7 Å². The normalized spacial score (nSPS) is 11.6. The molecule has 0 bridgehead atoms. The van der Waals surface area contributed by atoms with Gasteiger partial charge in [0.05, 0.1) is 12.0 Å². The summed E-state index contributed by atoms with van der Waals surface area (Å²) in [6, 6.07) is -0.899. The van der Waals surface area contributed by atoms with Crippen molar-refractivity contribution in [2.75, 3.05) is 0 Å². The molecule has 0 saturated heterocycles. The fourth-order valence-electron chi connectivity index (χ4n) is 3.03. The smallest absolute Gasteiger partial charge is 0.548 e. The molecule has 0 rings (SSSR count). The number of rotatable bonds is 18. The third-order valence-electron chi connectivity index (χ3n) is 4.74. The second-order valence-corrected chi connectivity index (χ2v) is 7.31. The first-order valence-electron chi connectivity index (χ1n) is 10.6. The number of unbranched alkanes of at least 4 members (excludes halogenated alkanes) is 14. The van der Waals surface area contributed by atoms with Crippen molar-refractivity contribution >= 4 is 11.9 Å². The molecule has 0 saturated carbocycles. The van der Waals surface area contributed by atoms with E-state index in [2.05, 4.69) is 12.2 Å². The second-order valence-electron chi connectivity index (χ2n) is 7.31. The van der Waals surface area contributed by atoms with Gasteiger partial charge in [0.25, 0.3) is 0 Å². The largest absolute Gasteiger partial charge is 1.00 e. The first kappa shape index (κ1) is 28.8. The molecule has 0 heterocycles. The summed E-state index contributed by atoms with van der Waals surface area (Å²) in [7, 11) is 0. The van der Waals surface area contributed by atoms with Gasteiger partial charge in [-0.3, -0.25) is 4.79 Å². The minimum absolute atomic E-state index is 0. The number of carboxylic acid groups (broad SMARTS) is 1. The molecule has 0 aliphatic rings. The molecule has 0 aromatic rings. The maximum Gasteiger partial charge on any atom is 1.00 e. The van der Waals surface area contributed by atoms with Gasteiger partial charge in [0.2, 0.25) is 5.91 Å². The van der Waals surface area contributed by atoms with Crippen molar-refractivity contribution in [2.24, 2.45) is 0 Å². The van der Waals surface area contributed by atoms with Gasteiger partial charge < -0.3 is 15.2 Å². The SMILES string of the molecule is CCCCCCCCCCCCCCCCCC(=O)NC(C)C(=O)[O-].[K+]. The van der Waals surface area contributed by atoms with Crippen molar-refractivity contribution < 1.29 is 66.1 Å². The van der Waals surface area contributed by atoms with Gasteiger partial charge in [0.15, 0.2) is 0 Å². The van der Waals surface area contributed by atoms with E-state index < -0.39 is 12.0 Å². The van der Waals surface area contributed by atoms with Crippen LogP contribution in [-0.2, 0) is 9.59 Å². The first-order valence-corrected chi connectivity index (χ1v) is 10.6. The third kappa shape index (κ3) is 20.9. The van der Waals surface area contributed by atoms with Gasteiger partial charge in [-0.25, -0.2) is 0 Å². The van der Waals surface area contributed by atoms with E-state index in [-0.39, 0.29) is 57.3 Å². The molecule has 5 heteroatoms. The number of hydrogen-bond acceptors (Lipinski definition) is 3. The molecule has 0 spiro atoms. The zero-order valence-corrected chi connectivity index (χ0v) is 20.7. The third-order valence-corrected chi connectivity index (χ3v) is 4.74. The quantitative estimate of drug-likeness (QED) is 0.283. The molecular formula is C21H40KNO3. The van der Waals surface area contributed by atoms with Crippen LogP contribution in [0, 0.1) is 0 Å². The molecule has 0 radical (unpaired) electrons. The van der Waals surface area contributed by atoms with Crippen LogP contribution in [0.5, 0.6) is 0 Å². The molecule has 1 atom stereocenters. The van der Waals surface area contributed by atoms with Gasteiger partial charge in [-0.1, -0.05) is 96.8 Å². The first-order chi connectivity index (χ1) is 12.1. The van der Waals surface area contributed by atoms with E-state index in [0.717, 1.165) is 12.8 Å². The van der Waals surface area contributed by atoms with E-state index >= 15 is 0 Å². The van der Waals surface area contributed by atoms with Crippen LogP contribution in [-0.4, -0.2) is 17.9 Å². The second kappa shape index (κ2) is 21.9. The van der Waals surface area contributed by atoms with Crippen molar-refractivity contribution in [2.45, 2.75) is 123 Å². The fraction of sp³-hybridized carbons (Fsp3) is 0.905. The molecule has 0 aromatic heterocycles. The minimum atomic E-state index is -1.23. The summed E-state index contributed by atoms with van der Waals surface area (Å²) in [6.07, 6.45) is 19.8. The number of amides is 1. The molecule has 0 aromatic carbocycles. The van der Waals surface area contributed by atoms with Crippen LogP contribution < -0.4 is 61.8 Å². The zero-order valence-electron chi connectivity index (χ0n) is 17.6. The molecule has 1 N–H and O–H groups in total. The Hall–Kier alpha value is 0.576. The number of aliphatic carboxylic acids is 1. The van der Waals surface area contributed by atoms with E-state index in [1.165, 1.54) is 90.4 Å². The Balaban J connectivity index is 0. The summed E-state index contributed by atoms with van der Waals surface area (Å²) in [6.45, 7) is 3.69. The monoisotopic (exact) mass is 393 g/mol.